The van der Waals surface area contributed by atoms with Crippen molar-refractivity contribution in [2.45, 2.75) is 19.4 Å². The molecular formula is C14H18FNO4. The van der Waals surface area contributed by atoms with Gasteiger partial charge in [-0.1, -0.05) is 19.1 Å². The van der Waals surface area contributed by atoms with E-state index < -0.39 is 29.7 Å². The molecule has 0 saturated carbocycles. The summed E-state index contributed by atoms with van der Waals surface area (Å²) in [6, 6.07) is 5.39. The van der Waals surface area contributed by atoms with Gasteiger partial charge in [0.2, 0.25) is 5.91 Å². The van der Waals surface area contributed by atoms with Crippen molar-refractivity contribution in [3.8, 4) is 0 Å². The van der Waals surface area contributed by atoms with Crippen LogP contribution in [0.5, 0.6) is 0 Å². The van der Waals surface area contributed by atoms with Gasteiger partial charge in [0, 0.05) is 13.6 Å². The Bertz CT molecular complexity index is 492. The first-order valence-corrected chi connectivity index (χ1v) is 6.21. The van der Waals surface area contributed by atoms with Crippen molar-refractivity contribution in [3.63, 3.8) is 0 Å². The molecule has 0 fully saturated rings. The number of carbonyl (C=O) groups excluding carboxylic acids is 1. The lowest BCUT2D eigenvalue weighted by atomic mass is 10.1. The molecule has 0 radical (unpaired) electrons. The Kier molecular flexibility index (Phi) is 5.64. The van der Waals surface area contributed by atoms with Crippen LogP contribution in [-0.4, -0.2) is 40.6 Å². The first-order chi connectivity index (χ1) is 9.31. The van der Waals surface area contributed by atoms with E-state index in [0.29, 0.717) is 5.56 Å². The molecule has 110 valence electrons. The van der Waals surface area contributed by atoms with Gasteiger partial charge in [0.1, 0.15) is 5.82 Å². The van der Waals surface area contributed by atoms with Gasteiger partial charge in [-0.25, -0.2) is 4.39 Å². The SMILES string of the molecule is CC(CN(C)C(=O)CC(O)c1cccc(F)c1)C(=O)O. The molecule has 2 unspecified atom stereocenters. The Morgan fingerprint density at radius 1 is 1.40 bits per heavy atom. The minimum atomic E-state index is -1.11. The number of nitrogens with zero attached hydrogens (tertiary/aromatic N) is 1. The van der Waals surface area contributed by atoms with Gasteiger partial charge in [-0.3, -0.25) is 9.59 Å². The number of aliphatic hydroxyl groups is 1. The Balaban J connectivity index is 2.59. The Morgan fingerprint density at radius 3 is 2.60 bits per heavy atom. The predicted octanol–water partition coefficient (Wildman–Crippen LogP) is 1.43. The summed E-state index contributed by atoms with van der Waals surface area (Å²) in [5.74, 6) is -2.55. The van der Waals surface area contributed by atoms with Crippen molar-refractivity contribution in [3.05, 3.63) is 35.6 Å². The van der Waals surface area contributed by atoms with Crippen molar-refractivity contribution in [1.82, 2.24) is 4.90 Å². The van der Waals surface area contributed by atoms with Gasteiger partial charge in [-0.15, -0.1) is 0 Å². The highest BCUT2D eigenvalue weighted by molar-refractivity contribution is 5.77. The Labute approximate surface area is 116 Å². The smallest absolute Gasteiger partial charge is 0.308 e. The third-order valence-electron chi connectivity index (χ3n) is 3.00. The number of benzene rings is 1. The number of aliphatic carboxylic acids is 1. The molecule has 0 saturated heterocycles. The van der Waals surface area contributed by atoms with Crippen LogP contribution in [0.3, 0.4) is 0 Å². The van der Waals surface area contributed by atoms with E-state index in [9.17, 15) is 19.1 Å². The second-order valence-electron chi connectivity index (χ2n) is 4.79. The Hall–Kier alpha value is -1.95. The zero-order chi connectivity index (χ0) is 15.3. The van der Waals surface area contributed by atoms with Crippen molar-refractivity contribution in [2.24, 2.45) is 5.92 Å². The summed E-state index contributed by atoms with van der Waals surface area (Å²) in [6.45, 7) is 1.55. The molecule has 5 nitrogen and oxygen atoms in total. The molecule has 1 aromatic carbocycles. The van der Waals surface area contributed by atoms with Crippen molar-refractivity contribution >= 4 is 11.9 Å². The summed E-state index contributed by atoms with van der Waals surface area (Å²) in [5.41, 5.74) is 0.318. The maximum atomic E-state index is 13.0. The fourth-order valence-corrected chi connectivity index (χ4v) is 1.74. The van der Waals surface area contributed by atoms with Crippen molar-refractivity contribution in [1.29, 1.82) is 0 Å². The Morgan fingerprint density at radius 2 is 2.05 bits per heavy atom. The number of rotatable bonds is 6. The average Bonchev–Trinajstić information content (AvgIpc) is 2.38. The van der Waals surface area contributed by atoms with E-state index in [2.05, 4.69) is 0 Å². The molecule has 2 N–H and O–H groups in total. The first kappa shape index (κ1) is 16.1. The van der Waals surface area contributed by atoms with Crippen LogP contribution in [-0.2, 0) is 9.59 Å². The van der Waals surface area contributed by atoms with Crippen LogP contribution >= 0.6 is 0 Å². The fraction of sp³-hybridized carbons (Fsp3) is 0.429. The van der Waals surface area contributed by atoms with E-state index in [4.69, 9.17) is 5.11 Å². The monoisotopic (exact) mass is 283 g/mol. The zero-order valence-corrected chi connectivity index (χ0v) is 11.4. The maximum absolute atomic E-state index is 13.0. The van der Waals surface area contributed by atoms with E-state index in [-0.39, 0.29) is 13.0 Å². The van der Waals surface area contributed by atoms with Crippen molar-refractivity contribution < 1.29 is 24.2 Å². The number of aliphatic hydroxyl groups excluding tert-OH is 1. The number of carboxylic acid groups (broad SMARTS) is 1. The molecular weight excluding hydrogens is 265 g/mol. The number of halogens is 1. The van der Waals surface area contributed by atoms with Gasteiger partial charge in [0.15, 0.2) is 0 Å². The van der Waals surface area contributed by atoms with E-state index in [1.54, 1.807) is 0 Å². The molecule has 0 bridgehead atoms. The number of carbonyl (C=O) groups is 2. The molecule has 0 spiro atoms. The highest BCUT2D eigenvalue weighted by atomic mass is 19.1. The number of hydrogen-bond donors (Lipinski definition) is 2. The largest absolute Gasteiger partial charge is 0.481 e. The third-order valence-corrected chi connectivity index (χ3v) is 3.00. The van der Waals surface area contributed by atoms with E-state index in [1.807, 2.05) is 0 Å². The van der Waals surface area contributed by atoms with Crippen LogP contribution in [0.25, 0.3) is 0 Å². The number of hydrogen-bond acceptors (Lipinski definition) is 3. The molecule has 6 heteroatoms. The lowest BCUT2D eigenvalue weighted by molar-refractivity contribution is -0.142. The highest BCUT2D eigenvalue weighted by Crippen LogP contribution is 2.18. The first-order valence-electron chi connectivity index (χ1n) is 6.21. The van der Waals surface area contributed by atoms with Crippen LogP contribution in [0.4, 0.5) is 4.39 Å². The molecule has 2 atom stereocenters. The minimum Gasteiger partial charge on any atom is -0.481 e. The summed E-state index contributed by atoms with van der Waals surface area (Å²) < 4.78 is 13.0. The van der Waals surface area contributed by atoms with Gasteiger partial charge in [-0.2, -0.15) is 0 Å². The molecule has 20 heavy (non-hydrogen) atoms. The molecule has 0 aliphatic rings. The highest BCUT2D eigenvalue weighted by Gasteiger charge is 2.20. The average molecular weight is 283 g/mol. The zero-order valence-electron chi connectivity index (χ0n) is 11.4. The third kappa shape index (κ3) is 4.62. The molecule has 0 heterocycles. The van der Waals surface area contributed by atoms with Crippen LogP contribution in [0.15, 0.2) is 24.3 Å². The van der Waals surface area contributed by atoms with Crippen LogP contribution in [0.1, 0.15) is 25.0 Å². The summed E-state index contributed by atoms with van der Waals surface area (Å²) in [4.78, 5) is 23.8. The predicted molar refractivity (Wildman–Crippen MR) is 70.4 cm³/mol. The minimum absolute atomic E-state index is 0.0596. The standard InChI is InChI=1S/C14H18FNO4/c1-9(14(19)20)8-16(2)13(18)7-12(17)10-4-3-5-11(15)6-10/h3-6,9,12,17H,7-8H2,1-2H3,(H,19,20). The van der Waals surface area contributed by atoms with Crippen LogP contribution < -0.4 is 0 Å². The van der Waals surface area contributed by atoms with Gasteiger partial charge in [0.05, 0.1) is 18.4 Å². The van der Waals surface area contributed by atoms with E-state index >= 15 is 0 Å². The number of carboxylic acids is 1. The van der Waals surface area contributed by atoms with Gasteiger partial charge < -0.3 is 15.1 Å². The maximum Gasteiger partial charge on any atom is 0.308 e. The van der Waals surface area contributed by atoms with E-state index in [1.165, 1.54) is 37.1 Å². The molecule has 1 aromatic rings. The van der Waals surface area contributed by atoms with Crippen molar-refractivity contribution in [2.75, 3.05) is 13.6 Å². The quantitative estimate of drug-likeness (QED) is 0.828. The molecule has 0 aliphatic heterocycles. The van der Waals surface area contributed by atoms with Crippen LogP contribution in [0, 0.1) is 11.7 Å². The summed E-state index contributed by atoms with van der Waals surface area (Å²) in [6.07, 6.45) is -1.33. The number of amides is 1. The molecule has 1 amide bonds. The lowest BCUT2D eigenvalue weighted by Crippen LogP contribution is -2.34. The van der Waals surface area contributed by atoms with Gasteiger partial charge in [-0.05, 0) is 17.7 Å². The molecule has 0 aliphatic carbocycles. The van der Waals surface area contributed by atoms with Gasteiger partial charge >= 0.3 is 5.97 Å². The second kappa shape index (κ2) is 7.00. The normalized spacial score (nSPS) is 13.6. The molecule has 0 aromatic heterocycles. The summed E-state index contributed by atoms with van der Waals surface area (Å²) in [7, 11) is 1.47. The van der Waals surface area contributed by atoms with Crippen LogP contribution in [0.2, 0.25) is 0 Å². The summed E-state index contributed by atoms with van der Waals surface area (Å²) >= 11 is 0. The molecule has 1 rings (SSSR count). The topological polar surface area (TPSA) is 77.8 Å². The lowest BCUT2D eigenvalue weighted by Gasteiger charge is -2.21. The fourth-order valence-electron chi connectivity index (χ4n) is 1.74. The summed E-state index contributed by atoms with van der Waals surface area (Å²) in [5, 5.41) is 18.7. The van der Waals surface area contributed by atoms with E-state index in [0.717, 1.165) is 6.07 Å². The van der Waals surface area contributed by atoms with Gasteiger partial charge in [0.25, 0.3) is 0 Å². The second-order valence-corrected chi connectivity index (χ2v) is 4.79.